The molecule has 166 valence electrons. The van der Waals surface area contributed by atoms with Gasteiger partial charge < -0.3 is 9.67 Å². The number of nitrogens with zero attached hydrogens (tertiary/aromatic N) is 3. The van der Waals surface area contributed by atoms with Gasteiger partial charge in [0.15, 0.2) is 0 Å². The van der Waals surface area contributed by atoms with Crippen molar-refractivity contribution in [2.75, 3.05) is 0 Å². The van der Waals surface area contributed by atoms with Gasteiger partial charge in [-0.1, -0.05) is 50.7 Å². The summed E-state index contributed by atoms with van der Waals surface area (Å²) in [5.41, 5.74) is 0.548. The molecular formula is C25H33N3O3. The first-order valence-electron chi connectivity index (χ1n) is 12.2. The Bertz CT molecular complexity index is 995. The molecule has 6 heteroatoms. The van der Waals surface area contributed by atoms with Crippen molar-refractivity contribution in [3.05, 3.63) is 40.3 Å². The zero-order chi connectivity index (χ0) is 21.4. The molecule has 1 aliphatic carbocycles. The van der Waals surface area contributed by atoms with E-state index in [1.54, 1.807) is 4.57 Å². The van der Waals surface area contributed by atoms with Gasteiger partial charge in [0.2, 0.25) is 5.69 Å². The molecule has 2 bridgehead atoms. The monoisotopic (exact) mass is 423 g/mol. The number of para-hydroxylation sites is 2. The highest BCUT2D eigenvalue weighted by Crippen LogP contribution is 2.42. The molecule has 3 aliphatic rings. The number of benzene rings is 1. The van der Waals surface area contributed by atoms with E-state index < -0.39 is 11.5 Å². The van der Waals surface area contributed by atoms with Gasteiger partial charge in [-0.25, -0.2) is 9.78 Å². The maximum Gasteiger partial charge on any atom is 0.360 e. The molecule has 2 aliphatic heterocycles. The van der Waals surface area contributed by atoms with Gasteiger partial charge in [0.25, 0.3) is 5.56 Å². The number of carboxylic acids is 1. The molecule has 3 fully saturated rings. The first kappa shape index (κ1) is 20.7. The Labute approximate surface area is 183 Å². The molecule has 2 unspecified atom stereocenters. The summed E-state index contributed by atoms with van der Waals surface area (Å²) in [5, 5.41) is 9.59. The second kappa shape index (κ2) is 8.73. The van der Waals surface area contributed by atoms with Crippen LogP contribution in [-0.4, -0.2) is 43.7 Å². The lowest BCUT2D eigenvalue weighted by molar-refractivity contribution is -0.0247. The number of fused-ring (bicyclic) bond motifs is 3. The lowest BCUT2D eigenvalue weighted by atomic mass is 9.79. The first-order valence-corrected chi connectivity index (χ1v) is 12.2. The normalized spacial score (nSPS) is 28.2. The summed E-state index contributed by atoms with van der Waals surface area (Å²) in [6.07, 6.45) is 14.9. The second-order valence-corrected chi connectivity index (χ2v) is 9.74. The number of hydrogen-bond acceptors (Lipinski definition) is 4. The molecule has 3 heterocycles. The van der Waals surface area contributed by atoms with Gasteiger partial charge in [-0.2, -0.15) is 0 Å². The van der Waals surface area contributed by atoms with Crippen molar-refractivity contribution in [1.82, 2.24) is 14.5 Å². The van der Waals surface area contributed by atoms with E-state index in [9.17, 15) is 14.7 Å². The van der Waals surface area contributed by atoms with E-state index in [2.05, 4.69) is 9.88 Å². The molecule has 2 aromatic rings. The minimum Gasteiger partial charge on any atom is -0.476 e. The number of carboxylic acid groups (broad SMARTS) is 1. The Kier molecular flexibility index (Phi) is 5.83. The Morgan fingerprint density at radius 2 is 1.45 bits per heavy atom. The van der Waals surface area contributed by atoms with Crippen LogP contribution in [-0.2, 0) is 0 Å². The molecular weight excluding hydrogens is 390 g/mol. The molecule has 1 aromatic carbocycles. The Balaban J connectivity index is 1.50. The van der Waals surface area contributed by atoms with Crippen LogP contribution in [0.2, 0.25) is 0 Å². The van der Waals surface area contributed by atoms with Crippen LogP contribution in [0, 0.1) is 0 Å². The van der Waals surface area contributed by atoms with Crippen molar-refractivity contribution < 1.29 is 9.90 Å². The van der Waals surface area contributed by atoms with Crippen LogP contribution in [0.15, 0.2) is 29.1 Å². The Hall–Kier alpha value is -2.21. The standard InChI is InChI=1S/C25H33N3O3/c29-24-23(25(30)31)26-21-13-6-7-14-22(21)28(24)20-15-18-11-8-12-19(16-20)27(18)17-9-4-2-1-3-5-10-17/h6-7,13-14,17-20H,1-5,8-12,15-16H2,(H,30,31). The number of hydrogen-bond donors (Lipinski definition) is 1. The predicted molar refractivity (Wildman–Crippen MR) is 121 cm³/mol. The maximum absolute atomic E-state index is 13.2. The topological polar surface area (TPSA) is 75.4 Å². The zero-order valence-corrected chi connectivity index (χ0v) is 18.2. The van der Waals surface area contributed by atoms with Gasteiger partial charge in [-0.15, -0.1) is 0 Å². The third-order valence-electron chi connectivity index (χ3n) is 7.87. The fourth-order valence-corrected chi connectivity index (χ4v) is 6.58. The Morgan fingerprint density at radius 3 is 2.13 bits per heavy atom. The molecule has 6 nitrogen and oxygen atoms in total. The van der Waals surface area contributed by atoms with E-state index in [1.165, 1.54) is 64.2 Å². The SMILES string of the molecule is O=C(O)c1nc2ccccc2n(C2CC3CCCC(C2)N3C2CCCCCCC2)c1=O. The van der Waals surface area contributed by atoms with Crippen LogP contribution in [0.25, 0.3) is 11.0 Å². The lowest BCUT2D eigenvalue weighted by Crippen LogP contribution is -2.57. The van der Waals surface area contributed by atoms with Gasteiger partial charge in [0.1, 0.15) is 0 Å². The number of aromatic nitrogens is 2. The summed E-state index contributed by atoms with van der Waals surface area (Å²) in [4.78, 5) is 31.9. The molecule has 0 amide bonds. The zero-order valence-electron chi connectivity index (χ0n) is 18.2. The fraction of sp³-hybridized carbons (Fsp3) is 0.640. The molecule has 1 aromatic heterocycles. The van der Waals surface area contributed by atoms with Crippen LogP contribution in [0.1, 0.15) is 93.6 Å². The first-order chi connectivity index (χ1) is 15.1. The average molecular weight is 424 g/mol. The summed E-state index contributed by atoms with van der Waals surface area (Å²) in [6, 6.07) is 9.18. The predicted octanol–water partition coefficient (Wildman–Crippen LogP) is 4.77. The third-order valence-corrected chi connectivity index (χ3v) is 7.87. The molecule has 2 atom stereocenters. The third kappa shape index (κ3) is 3.91. The van der Waals surface area contributed by atoms with Crippen LogP contribution in [0.4, 0.5) is 0 Å². The van der Waals surface area contributed by atoms with E-state index in [1.807, 2.05) is 24.3 Å². The van der Waals surface area contributed by atoms with Crippen molar-refractivity contribution in [3.8, 4) is 0 Å². The van der Waals surface area contributed by atoms with Gasteiger partial charge >= 0.3 is 5.97 Å². The quantitative estimate of drug-likeness (QED) is 0.770. The van der Waals surface area contributed by atoms with Crippen molar-refractivity contribution in [1.29, 1.82) is 0 Å². The number of carbonyl (C=O) groups is 1. The molecule has 1 N–H and O–H groups in total. The fourth-order valence-electron chi connectivity index (χ4n) is 6.58. The molecule has 1 saturated carbocycles. The molecule has 0 spiro atoms. The highest BCUT2D eigenvalue weighted by molar-refractivity contribution is 5.88. The van der Waals surface area contributed by atoms with Gasteiger partial charge in [0.05, 0.1) is 11.0 Å². The highest BCUT2D eigenvalue weighted by Gasteiger charge is 2.42. The van der Waals surface area contributed by atoms with Gasteiger partial charge in [0, 0.05) is 24.2 Å². The molecule has 0 radical (unpaired) electrons. The number of aromatic carboxylic acids is 1. The summed E-state index contributed by atoms with van der Waals surface area (Å²) in [6.45, 7) is 0. The molecule has 2 saturated heterocycles. The summed E-state index contributed by atoms with van der Waals surface area (Å²) in [5.74, 6) is -1.24. The van der Waals surface area contributed by atoms with Crippen molar-refractivity contribution >= 4 is 17.0 Å². The Morgan fingerprint density at radius 1 is 0.839 bits per heavy atom. The number of rotatable bonds is 3. The number of piperidine rings is 2. The maximum atomic E-state index is 13.2. The van der Waals surface area contributed by atoms with E-state index in [0.717, 1.165) is 18.4 Å². The van der Waals surface area contributed by atoms with Crippen molar-refractivity contribution in [2.45, 2.75) is 101 Å². The van der Waals surface area contributed by atoms with Gasteiger partial charge in [-0.05, 0) is 50.7 Å². The van der Waals surface area contributed by atoms with Crippen LogP contribution >= 0.6 is 0 Å². The van der Waals surface area contributed by atoms with E-state index in [-0.39, 0.29) is 11.7 Å². The summed E-state index contributed by atoms with van der Waals surface area (Å²) in [7, 11) is 0. The van der Waals surface area contributed by atoms with E-state index in [0.29, 0.717) is 23.6 Å². The summed E-state index contributed by atoms with van der Waals surface area (Å²) < 4.78 is 1.77. The van der Waals surface area contributed by atoms with E-state index in [4.69, 9.17) is 0 Å². The summed E-state index contributed by atoms with van der Waals surface area (Å²) >= 11 is 0. The minimum atomic E-state index is -1.24. The highest BCUT2D eigenvalue weighted by atomic mass is 16.4. The largest absolute Gasteiger partial charge is 0.476 e. The minimum absolute atomic E-state index is 0.0404. The second-order valence-electron chi connectivity index (χ2n) is 9.74. The van der Waals surface area contributed by atoms with Crippen molar-refractivity contribution in [3.63, 3.8) is 0 Å². The van der Waals surface area contributed by atoms with Gasteiger partial charge in [-0.3, -0.25) is 9.69 Å². The van der Waals surface area contributed by atoms with Crippen molar-refractivity contribution in [2.24, 2.45) is 0 Å². The smallest absolute Gasteiger partial charge is 0.360 e. The average Bonchev–Trinajstić information content (AvgIpc) is 2.72. The van der Waals surface area contributed by atoms with Crippen LogP contribution in [0.5, 0.6) is 0 Å². The van der Waals surface area contributed by atoms with E-state index >= 15 is 0 Å². The van der Waals surface area contributed by atoms with Crippen LogP contribution < -0.4 is 5.56 Å². The molecule has 5 rings (SSSR count). The molecule has 31 heavy (non-hydrogen) atoms. The lowest BCUT2D eigenvalue weighted by Gasteiger charge is -2.53. The van der Waals surface area contributed by atoms with Crippen LogP contribution in [0.3, 0.4) is 0 Å².